The molecule has 0 saturated heterocycles. The second-order valence-electron chi connectivity index (χ2n) is 5.05. The first-order chi connectivity index (χ1) is 11.0. The third-order valence-electron chi connectivity index (χ3n) is 3.36. The summed E-state index contributed by atoms with van der Waals surface area (Å²) in [5, 5.41) is 13.4. The third kappa shape index (κ3) is 4.54. The van der Waals surface area contributed by atoms with E-state index in [0.29, 0.717) is 11.4 Å². The minimum atomic E-state index is -0.720. The fraction of sp³-hybridized carbons (Fsp3) is 0.235. The van der Waals surface area contributed by atoms with Gasteiger partial charge in [0.15, 0.2) is 6.10 Å². The highest BCUT2D eigenvalue weighted by Crippen LogP contribution is 2.19. The monoisotopic (exact) mass is 314 g/mol. The Balaban J connectivity index is 1.94. The van der Waals surface area contributed by atoms with Crippen LogP contribution in [0.4, 0.5) is 11.4 Å². The van der Waals surface area contributed by atoms with E-state index in [9.17, 15) is 14.9 Å². The molecule has 2 aromatic carbocycles. The number of carbonyl (C=O) groups excluding carboxylic acids is 1. The lowest BCUT2D eigenvalue weighted by Crippen LogP contribution is -2.30. The molecule has 1 amide bonds. The Bertz CT molecular complexity index is 681. The average molecular weight is 314 g/mol. The van der Waals surface area contributed by atoms with Crippen molar-refractivity contribution in [3.05, 3.63) is 64.2 Å². The molecule has 0 saturated carbocycles. The van der Waals surface area contributed by atoms with Crippen LogP contribution in [0, 0.1) is 10.1 Å². The van der Waals surface area contributed by atoms with Crippen molar-refractivity contribution in [1.29, 1.82) is 0 Å². The SMILES string of the molecule is CCc1ccc(NC(=O)[C@H](C)Oc2ccc([N+](=O)[O-])cc2)cc1. The standard InChI is InChI=1S/C17H18N2O4/c1-3-13-4-6-14(7-5-13)18-17(20)12(2)23-16-10-8-15(9-11-16)19(21)22/h4-12H,3H2,1-2H3,(H,18,20)/t12-/m0/s1. The Morgan fingerprint density at radius 3 is 2.30 bits per heavy atom. The Labute approximate surface area is 134 Å². The number of carbonyl (C=O) groups is 1. The third-order valence-corrected chi connectivity index (χ3v) is 3.36. The summed E-state index contributed by atoms with van der Waals surface area (Å²) in [6, 6.07) is 13.2. The van der Waals surface area contributed by atoms with Gasteiger partial charge in [0.1, 0.15) is 5.75 Å². The van der Waals surface area contributed by atoms with Crippen LogP contribution in [0.1, 0.15) is 19.4 Å². The number of nitro groups is 1. The lowest BCUT2D eigenvalue weighted by atomic mass is 10.1. The quantitative estimate of drug-likeness (QED) is 0.653. The highest BCUT2D eigenvalue weighted by Gasteiger charge is 2.15. The van der Waals surface area contributed by atoms with E-state index in [1.54, 1.807) is 6.92 Å². The van der Waals surface area contributed by atoms with Gasteiger partial charge in [-0.2, -0.15) is 0 Å². The molecule has 0 aromatic heterocycles. The van der Waals surface area contributed by atoms with Crippen LogP contribution in [-0.2, 0) is 11.2 Å². The summed E-state index contributed by atoms with van der Waals surface area (Å²) in [5.41, 5.74) is 1.87. The average Bonchev–Trinajstić information content (AvgIpc) is 2.56. The fourth-order valence-corrected chi connectivity index (χ4v) is 1.97. The van der Waals surface area contributed by atoms with Gasteiger partial charge >= 0.3 is 0 Å². The number of ether oxygens (including phenoxy) is 1. The molecule has 6 heteroatoms. The van der Waals surface area contributed by atoms with Crippen molar-refractivity contribution in [2.24, 2.45) is 0 Å². The topological polar surface area (TPSA) is 81.5 Å². The summed E-state index contributed by atoms with van der Waals surface area (Å²) in [6.07, 6.45) is 0.218. The van der Waals surface area contributed by atoms with Gasteiger partial charge in [0.05, 0.1) is 4.92 Å². The van der Waals surface area contributed by atoms with E-state index in [0.717, 1.165) is 6.42 Å². The zero-order valence-electron chi connectivity index (χ0n) is 13.0. The molecule has 0 fully saturated rings. The van der Waals surface area contributed by atoms with Crippen LogP contribution in [0.5, 0.6) is 5.75 Å². The van der Waals surface area contributed by atoms with Crippen molar-refractivity contribution in [2.75, 3.05) is 5.32 Å². The van der Waals surface area contributed by atoms with Gasteiger partial charge in [0.2, 0.25) is 0 Å². The molecule has 0 radical (unpaired) electrons. The number of nitrogens with one attached hydrogen (secondary N) is 1. The molecule has 0 aliphatic carbocycles. The minimum Gasteiger partial charge on any atom is -0.481 e. The zero-order valence-corrected chi connectivity index (χ0v) is 13.0. The van der Waals surface area contributed by atoms with E-state index in [1.165, 1.54) is 29.8 Å². The second-order valence-corrected chi connectivity index (χ2v) is 5.05. The van der Waals surface area contributed by atoms with E-state index in [1.807, 2.05) is 24.3 Å². The predicted octanol–water partition coefficient (Wildman–Crippen LogP) is 3.56. The molecular formula is C17H18N2O4. The number of nitro benzene ring substituents is 1. The molecule has 2 rings (SSSR count). The Morgan fingerprint density at radius 1 is 1.17 bits per heavy atom. The molecule has 0 bridgehead atoms. The summed E-state index contributed by atoms with van der Waals surface area (Å²) in [4.78, 5) is 22.2. The summed E-state index contributed by atoms with van der Waals surface area (Å²) >= 11 is 0. The fourth-order valence-electron chi connectivity index (χ4n) is 1.97. The largest absolute Gasteiger partial charge is 0.481 e. The first-order valence-electron chi connectivity index (χ1n) is 7.30. The van der Waals surface area contributed by atoms with E-state index in [-0.39, 0.29) is 11.6 Å². The lowest BCUT2D eigenvalue weighted by Gasteiger charge is -2.14. The van der Waals surface area contributed by atoms with Gasteiger partial charge in [-0.1, -0.05) is 19.1 Å². The zero-order chi connectivity index (χ0) is 16.8. The molecule has 0 heterocycles. The molecule has 23 heavy (non-hydrogen) atoms. The van der Waals surface area contributed by atoms with E-state index < -0.39 is 11.0 Å². The minimum absolute atomic E-state index is 0.0227. The smallest absolute Gasteiger partial charge is 0.269 e. The van der Waals surface area contributed by atoms with Gasteiger partial charge in [-0.15, -0.1) is 0 Å². The van der Waals surface area contributed by atoms with Crippen molar-refractivity contribution < 1.29 is 14.5 Å². The number of amides is 1. The Hall–Kier alpha value is -2.89. The molecule has 1 atom stereocenters. The second kappa shape index (κ2) is 7.40. The van der Waals surface area contributed by atoms with E-state index in [4.69, 9.17) is 4.74 Å². The van der Waals surface area contributed by atoms with Crippen molar-refractivity contribution in [3.8, 4) is 5.75 Å². The van der Waals surface area contributed by atoms with Crippen LogP contribution >= 0.6 is 0 Å². The molecule has 0 unspecified atom stereocenters. The number of hydrogen-bond donors (Lipinski definition) is 1. The first-order valence-corrected chi connectivity index (χ1v) is 7.30. The number of hydrogen-bond acceptors (Lipinski definition) is 4. The summed E-state index contributed by atoms with van der Waals surface area (Å²) < 4.78 is 5.49. The van der Waals surface area contributed by atoms with Gasteiger partial charge < -0.3 is 10.1 Å². The number of anilines is 1. The highest BCUT2D eigenvalue weighted by molar-refractivity contribution is 5.94. The van der Waals surface area contributed by atoms with E-state index in [2.05, 4.69) is 12.2 Å². The highest BCUT2D eigenvalue weighted by atomic mass is 16.6. The van der Waals surface area contributed by atoms with Gasteiger partial charge in [-0.05, 0) is 43.2 Å². The van der Waals surface area contributed by atoms with Gasteiger partial charge in [-0.3, -0.25) is 14.9 Å². The van der Waals surface area contributed by atoms with Crippen molar-refractivity contribution in [2.45, 2.75) is 26.4 Å². The number of non-ortho nitro benzene ring substituents is 1. The molecular weight excluding hydrogens is 296 g/mol. The van der Waals surface area contributed by atoms with Gasteiger partial charge in [-0.25, -0.2) is 0 Å². The van der Waals surface area contributed by atoms with Crippen LogP contribution in [-0.4, -0.2) is 16.9 Å². The van der Waals surface area contributed by atoms with Crippen LogP contribution in [0.3, 0.4) is 0 Å². The number of nitrogens with zero attached hydrogens (tertiary/aromatic N) is 1. The first kappa shape index (κ1) is 16.5. The summed E-state index contributed by atoms with van der Waals surface area (Å²) in [5.74, 6) is 0.118. The summed E-state index contributed by atoms with van der Waals surface area (Å²) in [6.45, 7) is 3.69. The lowest BCUT2D eigenvalue weighted by molar-refractivity contribution is -0.384. The molecule has 0 aliphatic rings. The van der Waals surface area contributed by atoms with E-state index >= 15 is 0 Å². The molecule has 6 nitrogen and oxygen atoms in total. The number of rotatable bonds is 6. The normalized spacial score (nSPS) is 11.6. The maximum Gasteiger partial charge on any atom is 0.269 e. The van der Waals surface area contributed by atoms with Gasteiger partial charge in [0.25, 0.3) is 11.6 Å². The Morgan fingerprint density at radius 2 is 1.78 bits per heavy atom. The van der Waals surface area contributed by atoms with Crippen molar-refractivity contribution in [1.82, 2.24) is 0 Å². The van der Waals surface area contributed by atoms with Gasteiger partial charge in [0, 0.05) is 17.8 Å². The summed E-state index contributed by atoms with van der Waals surface area (Å²) in [7, 11) is 0. The van der Waals surface area contributed by atoms with Crippen LogP contribution in [0.25, 0.3) is 0 Å². The van der Waals surface area contributed by atoms with Crippen molar-refractivity contribution in [3.63, 3.8) is 0 Å². The maximum absolute atomic E-state index is 12.1. The van der Waals surface area contributed by atoms with Crippen LogP contribution in [0.2, 0.25) is 0 Å². The van der Waals surface area contributed by atoms with Crippen LogP contribution in [0.15, 0.2) is 48.5 Å². The molecule has 0 aliphatic heterocycles. The van der Waals surface area contributed by atoms with Crippen molar-refractivity contribution >= 4 is 17.3 Å². The molecule has 2 aromatic rings. The maximum atomic E-state index is 12.1. The Kier molecular flexibility index (Phi) is 5.30. The predicted molar refractivity (Wildman–Crippen MR) is 87.6 cm³/mol. The molecule has 1 N–H and O–H groups in total. The van der Waals surface area contributed by atoms with Crippen LogP contribution < -0.4 is 10.1 Å². The molecule has 120 valence electrons. The number of aryl methyl sites for hydroxylation is 1. The number of benzene rings is 2. The molecule has 0 spiro atoms.